The van der Waals surface area contributed by atoms with E-state index in [9.17, 15) is 0 Å². The van der Waals surface area contributed by atoms with Gasteiger partial charge < -0.3 is 10.3 Å². The molecular weight excluding hydrogens is 248 g/mol. The fourth-order valence-electron chi connectivity index (χ4n) is 2.39. The Morgan fingerprint density at radius 1 is 1.20 bits per heavy atom. The number of nitrogens with zero attached hydrogens (tertiary/aromatic N) is 2. The van der Waals surface area contributed by atoms with Gasteiger partial charge in [-0.3, -0.25) is 4.98 Å². The minimum atomic E-state index is 0.262. The minimum Gasteiger partial charge on any atom is -0.347 e. The third-order valence-corrected chi connectivity index (χ3v) is 3.52. The molecule has 2 aromatic heterocycles. The summed E-state index contributed by atoms with van der Waals surface area (Å²) in [5.41, 5.74) is 1.27. The van der Waals surface area contributed by atoms with Crippen LogP contribution in [-0.4, -0.2) is 15.0 Å². The number of rotatable bonds is 5. The molecule has 4 heteroatoms. The largest absolute Gasteiger partial charge is 0.347 e. The highest BCUT2D eigenvalue weighted by molar-refractivity contribution is 5.81. The van der Waals surface area contributed by atoms with Crippen molar-refractivity contribution in [3.05, 3.63) is 60.4 Å². The van der Waals surface area contributed by atoms with Crippen molar-refractivity contribution in [2.45, 2.75) is 25.9 Å². The van der Waals surface area contributed by atoms with Gasteiger partial charge in [0.15, 0.2) is 0 Å². The van der Waals surface area contributed by atoms with Crippen LogP contribution in [0.25, 0.3) is 10.8 Å². The van der Waals surface area contributed by atoms with Crippen molar-refractivity contribution in [1.29, 1.82) is 0 Å². The van der Waals surface area contributed by atoms with Crippen LogP contribution in [0.3, 0.4) is 0 Å². The van der Waals surface area contributed by atoms with E-state index in [4.69, 9.17) is 0 Å². The van der Waals surface area contributed by atoms with Crippen molar-refractivity contribution in [1.82, 2.24) is 20.3 Å². The number of fused-ring (bicyclic) bond motifs is 1. The molecule has 0 radical (unpaired) electrons. The maximum absolute atomic E-state index is 4.32. The lowest BCUT2D eigenvalue weighted by atomic mass is 10.1. The van der Waals surface area contributed by atoms with Crippen molar-refractivity contribution in [3.63, 3.8) is 0 Å². The number of pyridine rings is 1. The average molecular weight is 266 g/mol. The molecule has 3 aromatic rings. The summed E-state index contributed by atoms with van der Waals surface area (Å²) >= 11 is 0. The lowest BCUT2D eigenvalue weighted by molar-refractivity contribution is 0.498. The summed E-state index contributed by atoms with van der Waals surface area (Å²) in [5, 5.41) is 5.95. The summed E-state index contributed by atoms with van der Waals surface area (Å²) in [5.74, 6) is 0.998. The Hall–Kier alpha value is -2.20. The van der Waals surface area contributed by atoms with Gasteiger partial charge in [-0.05, 0) is 29.5 Å². The van der Waals surface area contributed by atoms with Gasteiger partial charge in [0.05, 0.1) is 6.04 Å². The van der Waals surface area contributed by atoms with Crippen LogP contribution in [0.1, 0.15) is 30.8 Å². The SMILES string of the molecule is CCC(NCc1ccc2cnccc2c1)c1ncc[nH]1. The maximum atomic E-state index is 4.32. The Balaban J connectivity index is 1.73. The Kier molecular flexibility index (Phi) is 3.74. The molecule has 0 spiro atoms. The van der Waals surface area contributed by atoms with Gasteiger partial charge in [0.25, 0.3) is 0 Å². The molecule has 0 amide bonds. The molecule has 0 saturated carbocycles. The van der Waals surface area contributed by atoms with E-state index in [0.29, 0.717) is 0 Å². The van der Waals surface area contributed by atoms with Crippen molar-refractivity contribution < 1.29 is 0 Å². The molecule has 1 atom stereocenters. The summed E-state index contributed by atoms with van der Waals surface area (Å²) in [6.07, 6.45) is 8.39. The first-order valence-electron chi connectivity index (χ1n) is 6.92. The van der Waals surface area contributed by atoms with Gasteiger partial charge >= 0.3 is 0 Å². The highest BCUT2D eigenvalue weighted by Crippen LogP contribution is 2.16. The van der Waals surface area contributed by atoms with Crippen molar-refractivity contribution in [2.75, 3.05) is 0 Å². The van der Waals surface area contributed by atoms with E-state index in [1.54, 1.807) is 6.20 Å². The molecule has 0 aliphatic rings. The zero-order valence-electron chi connectivity index (χ0n) is 11.5. The molecular formula is C16H18N4. The maximum Gasteiger partial charge on any atom is 0.123 e. The Morgan fingerprint density at radius 2 is 2.15 bits per heavy atom. The van der Waals surface area contributed by atoms with Crippen LogP contribution in [0.4, 0.5) is 0 Å². The van der Waals surface area contributed by atoms with Gasteiger partial charge in [0, 0.05) is 36.7 Å². The minimum absolute atomic E-state index is 0.262. The molecule has 2 N–H and O–H groups in total. The van der Waals surface area contributed by atoms with Crippen LogP contribution in [0.15, 0.2) is 49.1 Å². The van der Waals surface area contributed by atoms with Gasteiger partial charge in [-0.2, -0.15) is 0 Å². The monoisotopic (exact) mass is 266 g/mol. The fourth-order valence-corrected chi connectivity index (χ4v) is 2.39. The van der Waals surface area contributed by atoms with E-state index in [0.717, 1.165) is 18.8 Å². The molecule has 102 valence electrons. The first-order chi connectivity index (χ1) is 9.86. The van der Waals surface area contributed by atoms with Crippen LogP contribution < -0.4 is 5.32 Å². The van der Waals surface area contributed by atoms with Crippen LogP contribution in [-0.2, 0) is 6.54 Å². The smallest absolute Gasteiger partial charge is 0.123 e. The number of H-pyrrole nitrogens is 1. The molecule has 1 aromatic carbocycles. The molecule has 3 rings (SSSR count). The number of aromatic amines is 1. The molecule has 2 heterocycles. The normalized spacial score (nSPS) is 12.7. The fraction of sp³-hybridized carbons (Fsp3) is 0.250. The Morgan fingerprint density at radius 3 is 2.95 bits per heavy atom. The number of nitrogens with one attached hydrogen (secondary N) is 2. The first kappa shape index (κ1) is 12.8. The Bertz CT molecular complexity index is 676. The van der Waals surface area contributed by atoms with Gasteiger partial charge in [-0.15, -0.1) is 0 Å². The lowest BCUT2D eigenvalue weighted by Crippen LogP contribution is -2.21. The number of benzene rings is 1. The number of aromatic nitrogens is 3. The molecule has 0 saturated heterocycles. The van der Waals surface area contributed by atoms with Crippen LogP contribution in [0, 0.1) is 0 Å². The molecule has 20 heavy (non-hydrogen) atoms. The van der Waals surface area contributed by atoms with E-state index in [2.05, 4.69) is 45.4 Å². The quantitative estimate of drug-likeness (QED) is 0.745. The molecule has 0 bridgehead atoms. The van der Waals surface area contributed by atoms with E-state index in [-0.39, 0.29) is 6.04 Å². The predicted octanol–water partition coefficient (Wildman–Crippen LogP) is 3.20. The third kappa shape index (κ3) is 2.70. The van der Waals surface area contributed by atoms with E-state index in [1.165, 1.54) is 16.3 Å². The van der Waals surface area contributed by atoms with Crippen LogP contribution in [0.5, 0.6) is 0 Å². The number of hydrogen-bond donors (Lipinski definition) is 2. The van der Waals surface area contributed by atoms with Crippen molar-refractivity contribution >= 4 is 10.8 Å². The van der Waals surface area contributed by atoms with Gasteiger partial charge in [0.1, 0.15) is 5.82 Å². The second kappa shape index (κ2) is 5.84. The predicted molar refractivity (Wildman–Crippen MR) is 80.2 cm³/mol. The van der Waals surface area contributed by atoms with Crippen LogP contribution in [0.2, 0.25) is 0 Å². The van der Waals surface area contributed by atoms with E-state index in [1.807, 2.05) is 24.7 Å². The average Bonchev–Trinajstić information content (AvgIpc) is 3.02. The van der Waals surface area contributed by atoms with Crippen molar-refractivity contribution in [2.24, 2.45) is 0 Å². The van der Waals surface area contributed by atoms with Gasteiger partial charge in [-0.25, -0.2) is 4.98 Å². The highest BCUT2D eigenvalue weighted by Gasteiger charge is 2.10. The first-order valence-corrected chi connectivity index (χ1v) is 6.92. The third-order valence-electron chi connectivity index (χ3n) is 3.52. The molecule has 0 aliphatic heterocycles. The zero-order valence-corrected chi connectivity index (χ0v) is 11.5. The summed E-state index contributed by atoms with van der Waals surface area (Å²) in [4.78, 5) is 11.6. The van der Waals surface area contributed by atoms with Crippen LogP contribution >= 0.6 is 0 Å². The van der Waals surface area contributed by atoms with Crippen molar-refractivity contribution in [3.8, 4) is 0 Å². The van der Waals surface area contributed by atoms with E-state index >= 15 is 0 Å². The topological polar surface area (TPSA) is 53.6 Å². The number of imidazole rings is 1. The molecule has 0 fully saturated rings. The molecule has 4 nitrogen and oxygen atoms in total. The second-order valence-corrected chi connectivity index (χ2v) is 4.87. The second-order valence-electron chi connectivity index (χ2n) is 4.87. The summed E-state index contributed by atoms with van der Waals surface area (Å²) < 4.78 is 0. The standard InChI is InChI=1S/C16H18N4/c1-2-15(16-18-7-8-19-16)20-10-12-3-4-14-11-17-6-5-13(14)9-12/h3-9,11,15,20H,2,10H2,1H3,(H,18,19). The summed E-state index contributed by atoms with van der Waals surface area (Å²) in [7, 11) is 0. The summed E-state index contributed by atoms with van der Waals surface area (Å²) in [6.45, 7) is 2.99. The Labute approximate surface area is 118 Å². The van der Waals surface area contributed by atoms with Gasteiger partial charge in [-0.1, -0.05) is 19.1 Å². The zero-order chi connectivity index (χ0) is 13.8. The molecule has 1 unspecified atom stereocenters. The summed E-state index contributed by atoms with van der Waals surface area (Å²) in [6, 6.07) is 8.78. The molecule has 0 aliphatic carbocycles. The highest BCUT2D eigenvalue weighted by atomic mass is 15.0. The van der Waals surface area contributed by atoms with Gasteiger partial charge in [0.2, 0.25) is 0 Å². The number of hydrogen-bond acceptors (Lipinski definition) is 3. The lowest BCUT2D eigenvalue weighted by Gasteiger charge is -2.14. The van der Waals surface area contributed by atoms with E-state index < -0.39 is 0 Å².